The molecule has 0 saturated carbocycles. The second kappa shape index (κ2) is 5.20. The molecule has 0 amide bonds. The summed E-state index contributed by atoms with van der Waals surface area (Å²) in [6, 6.07) is 1.39. The summed E-state index contributed by atoms with van der Waals surface area (Å²) in [5.41, 5.74) is 0.668. The van der Waals surface area contributed by atoms with Gasteiger partial charge in [-0.15, -0.1) is 0 Å². The molecule has 0 fully saturated rings. The van der Waals surface area contributed by atoms with E-state index in [1.165, 1.54) is 12.3 Å². The minimum absolute atomic E-state index is 0.133. The Morgan fingerprint density at radius 2 is 2.31 bits per heavy atom. The number of hydrogen-bond donors (Lipinski definition) is 0. The minimum Gasteiger partial charge on any atom is -0.466 e. The van der Waals surface area contributed by atoms with E-state index in [0.717, 1.165) is 0 Å². The van der Waals surface area contributed by atoms with Crippen LogP contribution in [0.2, 0.25) is 0 Å². The Kier molecular flexibility index (Phi) is 3.93. The van der Waals surface area contributed by atoms with Gasteiger partial charge in [0.1, 0.15) is 5.69 Å². The van der Waals surface area contributed by atoms with Crippen LogP contribution in [0.25, 0.3) is 0 Å². The van der Waals surface area contributed by atoms with Gasteiger partial charge in [-0.25, -0.2) is 0 Å². The molecule has 6 heteroatoms. The Labute approximate surface area is 92.4 Å². The lowest BCUT2D eigenvalue weighted by Crippen LogP contribution is -2.10. The van der Waals surface area contributed by atoms with Gasteiger partial charge in [0.2, 0.25) is 0 Å². The van der Waals surface area contributed by atoms with Crippen molar-refractivity contribution in [3.8, 4) is 0 Å². The Bertz CT molecular complexity index is 417. The molecule has 0 N–H and O–H groups in total. The lowest BCUT2D eigenvalue weighted by molar-refractivity contribution is -0.385. The zero-order valence-electron chi connectivity index (χ0n) is 9.10. The SMILES string of the molecule is CCOC(=O)Cc1ncc(C)cc1[N+](=O)[O-]. The van der Waals surface area contributed by atoms with Crippen molar-refractivity contribution in [2.45, 2.75) is 20.3 Å². The molecule has 86 valence electrons. The number of aromatic nitrogens is 1. The van der Waals surface area contributed by atoms with Crippen LogP contribution in [0.1, 0.15) is 18.2 Å². The average molecular weight is 224 g/mol. The van der Waals surface area contributed by atoms with E-state index in [1.54, 1.807) is 13.8 Å². The number of pyridine rings is 1. The van der Waals surface area contributed by atoms with Gasteiger partial charge in [-0.05, 0) is 19.4 Å². The molecule has 0 atom stereocenters. The van der Waals surface area contributed by atoms with Crippen LogP contribution in [-0.4, -0.2) is 22.5 Å². The fourth-order valence-corrected chi connectivity index (χ4v) is 1.23. The number of aryl methyl sites for hydroxylation is 1. The summed E-state index contributed by atoms with van der Waals surface area (Å²) in [7, 11) is 0. The summed E-state index contributed by atoms with van der Waals surface area (Å²) < 4.78 is 4.71. The molecule has 6 nitrogen and oxygen atoms in total. The number of nitrogens with zero attached hydrogens (tertiary/aromatic N) is 2. The normalized spacial score (nSPS) is 9.88. The van der Waals surface area contributed by atoms with Crippen molar-refractivity contribution in [3.63, 3.8) is 0 Å². The summed E-state index contributed by atoms with van der Waals surface area (Å²) >= 11 is 0. The summed E-state index contributed by atoms with van der Waals surface area (Å²) in [4.78, 5) is 25.2. The molecule has 0 aliphatic carbocycles. The summed E-state index contributed by atoms with van der Waals surface area (Å²) in [5.74, 6) is -0.512. The molecule has 0 aromatic carbocycles. The van der Waals surface area contributed by atoms with Crippen LogP contribution < -0.4 is 0 Å². The molecule has 1 aromatic rings. The van der Waals surface area contributed by atoms with Gasteiger partial charge in [0.05, 0.1) is 18.0 Å². The molecule has 1 heterocycles. The lowest BCUT2D eigenvalue weighted by Gasteiger charge is -2.03. The van der Waals surface area contributed by atoms with E-state index in [2.05, 4.69) is 4.98 Å². The van der Waals surface area contributed by atoms with Crippen LogP contribution in [0, 0.1) is 17.0 Å². The van der Waals surface area contributed by atoms with E-state index in [4.69, 9.17) is 4.74 Å². The van der Waals surface area contributed by atoms with Crippen LogP contribution >= 0.6 is 0 Å². The van der Waals surface area contributed by atoms with Crippen molar-refractivity contribution in [2.75, 3.05) is 6.61 Å². The molecule has 0 unspecified atom stereocenters. The Hall–Kier alpha value is -1.98. The smallest absolute Gasteiger partial charge is 0.312 e. The molecule has 0 aliphatic rings. The molecule has 0 aliphatic heterocycles. The molecule has 1 rings (SSSR count). The highest BCUT2D eigenvalue weighted by Crippen LogP contribution is 2.18. The van der Waals surface area contributed by atoms with E-state index in [1.807, 2.05) is 0 Å². The predicted molar refractivity (Wildman–Crippen MR) is 56.0 cm³/mol. The van der Waals surface area contributed by atoms with Crippen LogP contribution in [0.4, 0.5) is 5.69 Å². The first-order chi connectivity index (χ1) is 7.54. The van der Waals surface area contributed by atoms with Crippen molar-refractivity contribution < 1.29 is 14.5 Å². The third kappa shape index (κ3) is 3.01. The first-order valence-electron chi connectivity index (χ1n) is 4.80. The summed E-state index contributed by atoms with van der Waals surface area (Å²) in [6.45, 7) is 3.63. The van der Waals surface area contributed by atoms with Crippen molar-refractivity contribution in [1.82, 2.24) is 4.98 Å². The van der Waals surface area contributed by atoms with Gasteiger partial charge >= 0.3 is 5.97 Å². The molecule has 16 heavy (non-hydrogen) atoms. The fraction of sp³-hybridized carbons (Fsp3) is 0.400. The van der Waals surface area contributed by atoms with Crippen molar-refractivity contribution in [2.24, 2.45) is 0 Å². The Morgan fingerprint density at radius 1 is 1.62 bits per heavy atom. The Balaban J connectivity index is 2.95. The zero-order chi connectivity index (χ0) is 12.1. The first-order valence-corrected chi connectivity index (χ1v) is 4.80. The number of carbonyl (C=O) groups is 1. The molecular weight excluding hydrogens is 212 g/mol. The molecule has 0 bridgehead atoms. The van der Waals surface area contributed by atoms with E-state index in [9.17, 15) is 14.9 Å². The standard InChI is InChI=1S/C10H12N2O4/c1-3-16-10(13)5-8-9(12(14)15)4-7(2)6-11-8/h4,6H,3,5H2,1-2H3. The van der Waals surface area contributed by atoms with Gasteiger partial charge < -0.3 is 4.74 Å². The van der Waals surface area contributed by atoms with Gasteiger partial charge in [0, 0.05) is 12.3 Å². The number of hydrogen-bond acceptors (Lipinski definition) is 5. The summed E-state index contributed by atoms with van der Waals surface area (Å²) in [6.07, 6.45) is 1.31. The van der Waals surface area contributed by atoms with Crippen LogP contribution in [0.3, 0.4) is 0 Å². The fourth-order valence-electron chi connectivity index (χ4n) is 1.23. The quantitative estimate of drug-likeness (QED) is 0.438. The third-order valence-electron chi connectivity index (χ3n) is 1.90. The predicted octanol–water partition coefficient (Wildman–Crippen LogP) is 1.40. The number of ether oxygens (including phenoxy) is 1. The van der Waals surface area contributed by atoms with E-state index in [0.29, 0.717) is 5.56 Å². The van der Waals surface area contributed by atoms with E-state index < -0.39 is 10.9 Å². The summed E-state index contributed by atoms with van der Waals surface area (Å²) in [5, 5.41) is 10.7. The van der Waals surface area contributed by atoms with Crippen molar-refractivity contribution >= 4 is 11.7 Å². The highest BCUT2D eigenvalue weighted by Gasteiger charge is 2.18. The maximum Gasteiger partial charge on any atom is 0.312 e. The van der Waals surface area contributed by atoms with Gasteiger partial charge in [-0.1, -0.05) is 0 Å². The third-order valence-corrected chi connectivity index (χ3v) is 1.90. The van der Waals surface area contributed by atoms with Gasteiger partial charge in [-0.2, -0.15) is 0 Å². The largest absolute Gasteiger partial charge is 0.466 e. The number of esters is 1. The maximum absolute atomic E-state index is 11.2. The second-order valence-corrected chi connectivity index (χ2v) is 3.22. The van der Waals surface area contributed by atoms with Gasteiger partial charge in [-0.3, -0.25) is 19.9 Å². The maximum atomic E-state index is 11.2. The molecule has 0 spiro atoms. The second-order valence-electron chi connectivity index (χ2n) is 3.22. The zero-order valence-corrected chi connectivity index (χ0v) is 9.10. The number of nitro groups is 1. The van der Waals surface area contributed by atoms with Gasteiger partial charge in [0.25, 0.3) is 5.69 Å². The molecule has 1 aromatic heterocycles. The Morgan fingerprint density at radius 3 is 2.88 bits per heavy atom. The molecular formula is C10H12N2O4. The number of rotatable bonds is 4. The van der Waals surface area contributed by atoms with Crippen LogP contribution in [-0.2, 0) is 16.0 Å². The van der Waals surface area contributed by atoms with E-state index in [-0.39, 0.29) is 24.4 Å². The monoisotopic (exact) mass is 224 g/mol. The highest BCUT2D eigenvalue weighted by atomic mass is 16.6. The van der Waals surface area contributed by atoms with Crippen LogP contribution in [0.15, 0.2) is 12.3 Å². The van der Waals surface area contributed by atoms with Crippen LogP contribution in [0.5, 0.6) is 0 Å². The number of carbonyl (C=O) groups excluding carboxylic acids is 1. The van der Waals surface area contributed by atoms with Crippen molar-refractivity contribution in [1.29, 1.82) is 0 Å². The minimum atomic E-state index is -0.547. The lowest BCUT2D eigenvalue weighted by atomic mass is 10.2. The topological polar surface area (TPSA) is 82.3 Å². The average Bonchev–Trinajstić information content (AvgIpc) is 2.20. The van der Waals surface area contributed by atoms with Crippen molar-refractivity contribution in [3.05, 3.63) is 33.6 Å². The highest BCUT2D eigenvalue weighted by molar-refractivity contribution is 5.73. The van der Waals surface area contributed by atoms with E-state index >= 15 is 0 Å². The van der Waals surface area contributed by atoms with Gasteiger partial charge in [0.15, 0.2) is 0 Å². The molecule has 0 saturated heterocycles. The first kappa shape index (κ1) is 12.1. The molecule has 0 radical (unpaired) electrons.